The summed E-state index contributed by atoms with van der Waals surface area (Å²) in [4.78, 5) is 0. The van der Waals surface area contributed by atoms with Crippen LogP contribution in [-0.2, 0) is 4.74 Å². The predicted molar refractivity (Wildman–Crippen MR) is 105 cm³/mol. The summed E-state index contributed by atoms with van der Waals surface area (Å²) < 4.78 is 6.38. The van der Waals surface area contributed by atoms with E-state index in [2.05, 4.69) is 61.5 Å². The molecule has 0 saturated heterocycles. The Morgan fingerprint density at radius 1 is 0.875 bits per heavy atom. The third-order valence-electron chi connectivity index (χ3n) is 5.12. The van der Waals surface area contributed by atoms with Gasteiger partial charge in [-0.3, -0.25) is 0 Å². The van der Waals surface area contributed by atoms with Gasteiger partial charge in [-0.15, -0.1) is 0 Å². The number of nitriles is 1. The lowest BCUT2D eigenvalue weighted by Gasteiger charge is -2.44. The van der Waals surface area contributed by atoms with E-state index in [4.69, 9.17) is 10.00 Å². The molecule has 0 aromatic carbocycles. The lowest BCUT2D eigenvalue weighted by Crippen LogP contribution is -2.43. The highest BCUT2D eigenvalue weighted by Crippen LogP contribution is 2.41. The van der Waals surface area contributed by atoms with Gasteiger partial charge < -0.3 is 4.74 Å². The van der Waals surface area contributed by atoms with Crippen molar-refractivity contribution in [3.8, 4) is 6.07 Å². The zero-order valence-electron chi connectivity index (χ0n) is 17.8. The summed E-state index contributed by atoms with van der Waals surface area (Å²) in [5, 5.41) is 8.97. The number of hydrogen-bond donors (Lipinski definition) is 0. The van der Waals surface area contributed by atoms with E-state index in [0.29, 0.717) is 18.9 Å². The maximum Gasteiger partial charge on any atom is 0.0659 e. The molecule has 1 unspecified atom stereocenters. The van der Waals surface area contributed by atoms with Crippen LogP contribution in [0.5, 0.6) is 0 Å². The van der Waals surface area contributed by atoms with Crippen LogP contribution in [0.1, 0.15) is 107 Å². The highest BCUT2D eigenvalue weighted by molar-refractivity contribution is 4.90. The summed E-state index contributed by atoms with van der Waals surface area (Å²) in [7, 11) is 0. The molecule has 0 aliphatic rings. The molecule has 0 saturated carbocycles. The summed E-state index contributed by atoms with van der Waals surface area (Å²) in [6.45, 7) is 18.6. The molecule has 0 radical (unpaired) electrons. The first-order valence-corrected chi connectivity index (χ1v) is 9.97. The molecule has 0 bridgehead atoms. The van der Waals surface area contributed by atoms with Gasteiger partial charge in [0.1, 0.15) is 0 Å². The Morgan fingerprint density at radius 2 is 1.42 bits per heavy atom. The molecule has 2 nitrogen and oxygen atoms in total. The molecular formula is C22H43NO. The topological polar surface area (TPSA) is 33.0 Å². The lowest BCUT2D eigenvalue weighted by molar-refractivity contribution is -0.117. The third-order valence-corrected chi connectivity index (χ3v) is 5.12. The van der Waals surface area contributed by atoms with Gasteiger partial charge in [0.25, 0.3) is 0 Å². The van der Waals surface area contributed by atoms with Gasteiger partial charge in [0.2, 0.25) is 0 Å². The van der Waals surface area contributed by atoms with E-state index >= 15 is 0 Å². The smallest absolute Gasteiger partial charge is 0.0659 e. The Hall–Kier alpha value is -0.550. The summed E-state index contributed by atoms with van der Waals surface area (Å²) >= 11 is 0. The van der Waals surface area contributed by atoms with Crippen molar-refractivity contribution < 1.29 is 4.74 Å². The van der Waals surface area contributed by atoms with Crippen LogP contribution in [0.25, 0.3) is 0 Å². The molecule has 24 heavy (non-hydrogen) atoms. The van der Waals surface area contributed by atoms with E-state index < -0.39 is 0 Å². The zero-order chi connectivity index (χ0) is 18.9. The molecule has 1 atom stereocenters. The molecule has 0 aromatic rings. The quantitative estimate of drug-likeness (QED) is 0.355. The van der Waals surface area contributed by atoms with Crippen LogP contribution in [0.4, 0.5) is 0 Å². The number of unbranched alkanes of at least 4 members (excludes halogenated alkanes) is 5. The Kier molecular flexibility index (Phi) is 10.2. The number of rotatable bonds is 12. The average molecular weight is 338 g/mol. The Balaban J connectivity index is 4.64. The van der Waals surface area contributed by atoms with Crippen LogP contribution in [-0.4, -0.2) is 12.2 Å². The molecule has 0 N–H and O–H groups in total. The largest absolute Gasteiger partial charge is 0.375 e. The highest BCUT2D eigenvalue weighted by atomic mass is 16.5. The second-order valence-corrected chi connectivity index (χ2v) is 9.87. The number of hydrogen-bond acceptors (Lipinski definition) is 2. The molecular weight excluding hydrogens is 294 g/mol. The van der Waals surface area contributed by atoms with Gasteiger partial charge in [0, 0.05) is 11.8 Å². The molecule has 2 heteroatoms. The predicted octanol–water partition coefficient (Wildman–Crippen LogP) is 7.13. The summed E-state index contributed by atoms with van der Waals surface area (Å²) in [6, 6.07) is 2.28. The first-order chi connectivity index (χ1) is 11.0. The molecule has 0 aliphatic carbocycles. The second kappa shape index (κ2) is 10.4. The van der Waals surface area contributed by atoms with Crippen LogP contribution in [0.2, 0.25) is 0 Å². The highest BCUT2D eigenvalue weighted by Gasteiger charge is 2.39. The third kappa shape index (κ3) is 9.67. The molecule has 142 valence electrons. The van der Waals surface area contributed by atoms with Crippen molar-refractivity contribution in [2.45, 2.75) is 112 Å². The van der Waals surface area contributed by atoms with Crippen molar-refractivity contribution in [2.24, 2.45) is 16.7 Å². The van der Waals surface area contributed by atoms with Crippen molar-refractivity contribution in [1.29, 1.82) is 5.26 Å². The standard InChI is InChI=1S/C22H43NO/c1-9-10-11-12-13-14-15-19(20(2,3)4)22(7,8)24-18-21(5,6)16-17-23/h19H,9-16,18H2,1-8H3. The van der Waals surface area contributed by atoms with Gasteiger partial charge in [-0.2, -0.15) is 5.26 Å². The molecule has 0 rings (SSSR count). The van der Waals surface area contributed by atoms with Gasteiger partial charge >= 0.3 is 0 Å². The fourth-order valence-electron chi connectivity index (χ4n) is 3.70. The van der Waals surface area contributed by atoms with Gasteiger partial charge in [0.05, 0.1) is 18.3 Å². The fourth-order valence-corrected chi connectivity index (χ4v) is 3.70. The van der Waals surface area contributed by atoms with Crippen molar-refractivity contribution >= 4 is 0 Å². The Bertz CT molecular complexity index is 370. The summed E-state index contributed by atoms with van der Waals surface area (Å²) in [6.07, 6.45) is 9.81. The minimum absolute atomic E-state index is 0.0748. The molecule has 0 fully saturated rings. The molecule has 0 aliphatic heterocycles. The van der Waals surface area contributed by atoms with E-state index in [9.17, 15) is 0 Å². The van der Waals surface area contributed by atoms with Crippen LogP contribution in [0.15, 0.2) is 0 Å². The Labute approximate surface area is 152 Å². The van der Waals surface area contributed by atoms with E-state index in [1.165, 1.54) is 44.9 Å². The maximum absolute atomic E-state index is 8.97. The van der Waals surface area contributed by atoms with Crippen molar-refractivity contribution in [2.75, 3.05) is 6.61 Å². The Morgan fingerprint density at radius 3 is 1.92 bits per heavy atom. The minimum Gasteiger partial charge on any atom is -0.375 e. The van der Waals surface area contributed by atoms with E-state index in [-0.39, 0.29) is 16.4 Å². The van der Waals surface area contributed by atoms with Crippen LogP contribution >= 0.6 is 0 Å². The normalized spacial score (nSPS) is 14.5. The molecule has 0 heterocycles. The number of nitrogens with zero attached hydrogens (tertiary/aromatic N) is 1. The fraction of sp³-hybridized carbons (Fsp3) is 0.955. The second-order valence-electron chi connectivity index (χ2n) is 9.87. The monoisotopic (exact) mass is 337 g/mol. The van der Waals surface area contributed by atoms with Gasteiger partial charge in [-0.1, -0.05) is 80.1 Å². The van der Waals surface area contributed by atoms with Crippen LogP contribution in [0, 0.1) is 28.1 Å². The first kappa shape index (κ1) is 23.4. The number of ether oxygens (including phenoxy) is 1. The van der Waals surface area contributed by atoms with E-state index in [0.717, 1.165) is 0 Å². The molecule has 0 spiro atoms. The summed E-state index contributed by atoms with van der Waals surface area (Å²) in [5.74, 6) is 0.522. The van der Waals surface area contributed by atoms with Crippen LogP contribution in [0.3, 0.4) is 0 Å². The minimum atomic E-state index is -0.158. The molecule has 0 amide bonds. The van der Waals surface area contributed by atoms with Gasteiger partial charge in [-0.05, 0) is 31.6 Å². The maximum atomic E-state index is 8.97. The van der Waals surface area contributed by atoms with E-state index in [1.54, 1.807) is 0 Å². The molecule has 0 aromatic heterocycles. The van der Waals surface area contributed by atoms with Gasteiger partial charge in [0.15, 0.2) is 0 Å². The summed E-state index contributed by atoms with van der Waals surface area (Å²) in [5.41, 5.74) is -0.00467. The van der Waals surface area contributed by atoms with Crippen molar-refractivity contribution in [3.05, 3.63) is 0 Å². The van der Waals surface area contributed by atoms with Crippen molar-refractivity contribution in [1.82, 2.24) is 0 Å². The van der Waals surface area contributed by atoms with Gasteiger partial charge in [-0.25, -0.2) is 0 Å². The van der Waals surface area contributed by atoms with E-state index in [1.807, 2.05) is 0 Å². The van der Waals surface area contributed by atoms with Crippen molar-refractivity contribution in [3.63, 3.8) is 0 Å². The average Bonchev–Trinajstić information content (AvgIpc) is 2.43. The van der Waals surface area contributed by atoms with Crippen LogP contribution < -0.4 is 0 Å². The SMILES string of the molecule is CCCCCCCCC(C(C)(C)C)C(C)(C)OCC(C)(C)CC#N. The zero-order valence-corrected chi connectivity index (χ0v) is 17.8. The first-order valence-electron chi connectivity index (χ1n) is 9.97. The lowest BCUT2D eigenvalue weighted by atomic mass is 9.69.